The van der Waals surface area contributed by atoms with Crippen LogP contribution in [0, 0.1) is 13.8 Å². The molecule has 4 nitrogen and oxygen atoms in total. The zero-order valence-electron chi connectivity index (χ0n) is 12.7. The lowest BCUT2D eigenvalue weighted by molar-refractivity contribution is -0.115. The summed E-state index contributed by atoms with van der Waals surface area (Å²) in [7, 11) is 0. The van der Waals surface area contributed by atoms with Gasteiger partial charge in [-0.25, -0.2) is 0 Å². The van der Waals surface area contributed by atoms with E-state index in [2.05, 4.69) is 10.6 Å². The Bertz CT molecular complexity index is 760. The van der Waals surface area contributed by atoms with Crippen LogP contribution in [-0.4, -0.2) is 18.4 Å². The maximum absolute atomic E-state index is 12.0. The van der Waals surface area contributed by atoms with Crippen LogP contribution >= 0.6 is 23.2 Å². The number of hydrogen-bond donors (Lipinski definition) is 2. The van der Waals surface area contributed by atoms with Crippen LogP contribution in [0.25, 0.3) is 0 Å². The van der Waals surface area contributed by atoms with Gasteiger partial charge in [0, 0.05) is 10.6 Å². The molecule has 0 aliphatic heterocycles. The second-order valence-electron chi connectivity index (χ2n) is 5.15. The number of carbonyl (C=O) groups is 2. The number of aryl methyl sites for hydroxylation is 2. The first kappa shape index (κ1) is 17.3. The Hall–Kier alpha value is -2.04. The number of nitrogens with one attached hydrogen (secondary N) is 2. The van der Waals surface area contributed by atoms with E-state index in [1.807, 2.05) is 19.9 Å². The molecule has 0 heterocycles. The second kappa shape index (κ2) is 7.49. The van der Waals surface area contributed by atoms with Crippen molar-refractivity contribution in [2.75, 3.05) is 11.9 Å². The van der Waals surface area contributed by atoms with Gasteiger partial charge in [-0.15, -0.1) is 0 Å². The summed E-state index contributed by atoms with van der Waals surface area (Å²) in [6.45, 7) is 3.76. The quantitative estimate of drug-likeness (QED) is 0.875. The van der Waals surface area contributed by atoms with Gasteiger partial charge in [0.05, 0.1) is 17.3 Å². The number of halogens is 2. The van der Waals surface area contributed by atoms with Crippen molar-refractivity contribution < 1.29 is 9.59 Å². The zero-order chi connectivity index (χ0) is 17.0. The smallest absolute Gasteiger partial charge is 0.251 e. The molecule has 0 saturated carbocycles. The Balaban J connectivity index is 1.93. The van der Waals surface area contributed by atoms with Crippen LogP contribution in [0.15, 0.2) is 36.4 Å². The van der Waals surface area contributed by atoms with Crippen LogP contribution in [0.2, 0.25) is 10.0 Å². The van der Waals surface area contributed by atoms with Gasteiger partial charge in [0.15, 0.2) is 0 Å². The van der Waals surface area contributed by atoms with Crippen LogP contribution in [-0.2, 0) is 4.79 Å². The predicted octanol–water partition coefficient (Wildman–Crippen LogP) is 3.98. The highest BCUT2D eigenvalue weighted by atomic mass is 35.5. The Morgan fingerprint density at radius 1 is 1.00 bits per heavy atom. The third kappa shape index (κ3) is 4.71. The highest BCUT2D eigenvalue weighted by Crippen LogP contribution is 2.25. The highest BCUT2D eigenvalue weighted by molar-refractivity contribution is 6.36. The minimum Gasteiger partial charge on any atom is -0.343 e. The van der Waals surface area contributed by atoms with Crippen molar-refractivity contribution in [1.29, 1.82) is 0 Å². The predicted molar refractivity (Wildman–Crippen MR) is 93.3 cm³/mol. The molecule has 6 heteroatoms. The lowest BCUT2D eigenvalue weighted by Crippen LogP contribution is -2.32. The van der Waals surface area contributed by atoms with Crippen molar-refractivity contribution in [2.24, 2.45) is 0 Å². The molecule has 0 atom stereocenters. The van der Waals surface area contributed by atoms with Gasteiger partial charge in [0.25, 0.3) is 5.91 Å². The Kier molecular flexibility index (Phi) is 5.64. The fourth-order valence-electron chi connectivity index (χ4n) is 1.93. The van der Waals surface area contributed by atoms with Gasteiger partial charge in [-0.05, 0) is 55.3 Å². The molecule has 0 unspecified atom stereocenters. The number of amides is 2. The van der Waals surface area contributed by atoms with E-state index in [4.69, 9.17) is 23.2 Å². The van der Waals surface area contributed by atoms with Gasteiger partial charge in [0.2, 0.25) is 5.91 Å². The molecule has 0 saturated heterocycles. The first-order valence-corrected chi connectivity index (χ1v) is 7.73. The Morgan fingerprint density at radius 2 is 1.74 bits per heavy atom. The molecule has 0 spiro atoms. The molecule has 0 radical (unpaired) electrons. The van der Waals surface area contributed by atoms with Gasteiger partial charge >= 0.3 is 0 Å². The summed E-state index contributed by atoms with van der Waals surface area (Å²) in [6.07, 6.45) is 0. The zero-order valence-corrected chi connectivity index (χ0v) is 14.3. The molecule has 120 valence electrons. The van der Waals surface area contributed by atoms with Crippen LogP contribution in [0.5, 0.6) is 0 Å². The van der Waals surface area contributed by atoms with Crippen LogP contribution in [0.3, 0.4) is 0 Å². The molecule has 2 N–H and O–H groups in total. The molecule has 2 amide bonds. The molecule has 23 heavy (non-hydrogen) atoms. The molecule has 0 aliphatic rings. The number of hydrogen-bond acceptors (Lipinski definition) is 2. The topological polar surface area (TPSA) is 58.2 Å². The second-order valence-corrected chi connectivity index (χ2v) is 6.00. The number of rotatable bonds is 4. The average Bonchev–Trinajstić information content (AvgIpc) is 2.50. The monoisotopic (exact) mass is 350 g/mol. The summed E-state index contributed by atoms with van der Waals surface area (Å²) >= 11 is 11.8. The molecule has 0 aliphatic carbocycles. The van der Waals surface area contributed by atoms with E-state index in [-0.39, 0.29) is 18.4 Å². The average molecular weight is 351 g/mol. The maximum atomic E-state index is 12.0. The molecule has 2 aromatic rings. The minimum absolute atomic E-state index is 0.148. The van der Waals surface area contributed by atoms with Gasteiger partial charge in [-0.3, -0.25) is 9.59 Å². The normalized spacial score (nSPS) is 10.3. The minimum atomic E-state index is -0.369. The van der Waals surface area contributed by atoms with Gasteiger partial charge in [-0.1, -0.05) is 29.3 Å². The first-order valence-electron chi connectivity index (χ1n) is 6.97. The molecule has 2 rings (SSSR count). The Morgan fingerprint density at radius 3 is 2.39 bits per heavy atom. The number of carbonyl (C=O) groups excluding carboxylic acids is 2. The van der Waals surface area contributed by atoms with E-state index in [0.29, 0.717) is 21.3 Å². The van der Waals surface area contributed by atoms with Crippen molar-refractivity contribution in [1.82, 2.24) is 5.32 Å². The van der Waals surface area contributed by atoms with E-state index >= 15 is 0 Å². The van der Waals surface area contributed by atoms with E-state index in [1.165, 1.54) is 6.07 Å². The lowest BCUT2D eigenvalue weighted by Gasteiger charge is -2.09. The molecule has 0 bridgehead atoms. The summed E-state index contributed by atoms with van der Waals surface area (Å²) in [5.41, 5.74) is 3.10. The number of anilines is 1. The third-order valence-corrected chi connectivity index (χ3v) is 3.93. The fourth-order valence-corrected chi connectivity index (χ4v) is 2.39. The van der Waals surface area contributed by atoms with Crippen LogP contribution in [0.1, 0.15) is 21.5 Å². The van der Waals surface area contributed by atoms with Crippen LogP contribution < -0.4 is 10.6 Å². The summed E-state index contributed by atoms with van der Waals surface area (Å²) in [5, 5.41) is 6.02. The summed E-state index contributed by atoms with van der Waals surface area (Å²) in [6, 6.07) is 10.2. The van der Waals surface area contributed by atoms with Crippen molar-refractivity contribution in [3.8, 4) is 0 Å². The lowest BCUT2D eigenvalue weighted by atomic mass is 10.1. The van der Waals surface area contributed by atoms with Crippen molar-refractivity contribution in [3.05, 3.63) is 63.1 Å². The first-order chi connectivity index (χ1) is 10.9. The molecule has 2 aromatic carbocycles. The van der Waals surface area contributed by atoms with Crippen molar-refractivity contribution in [3.63, 3.8) is 0 Å². The van der Waals surface area contributed by atoms with E-state index in [0.717, 1.165) is 11.1 Å². The summed E-state index contributed by atoms with van der Waals surface area (Å²) < 4.78 is 0. The van der Waals surface area contributed by atoms with Gasteiger partial charge in [0.1, 0.15) is 0 Å². The maximum Gasteiger partial charge on any atom is 0.251 e. The number of benzene rings is 2. The molecular weight excluding hydrogens is 335 g/mol. The molecular formula is C17H16Cl2N2O2. The highest BCUT2D eigenvalue weighted by Gasteiger charge is 2.10. The SMILES string of the molecule is Cc1ccc(C(=O)NCC(=O)Nc2ccc(Cl)cc2Cl)cc1C. The van der Waals surface area contributed by atoms with Gasteiger partial charge < -0.3 is 10.6 Å². The van der Waals surface area contributed by atoms with Crippen molar-refractivity contribution in [2.45, 2.75) is 13.8 Å². The fraction of sp³-hybridized carbons (Fsp3) is 0.176. The molecule has 0 fully saturated rings. The summed E-state index contributed by atoms with van der Waals surface area (Å²) in [5.74, 6) is -0.670. The summed E-state index contributed by atoms with van der Waals surface area (Å²) in [4.78, 5) is 23.9. The standard InChI is InChI=1S/C17H16Cl2N2O2/c1-10-3-4-12(7-11(10)2)17(23)20-9-16(22)21-15-6-5-13(18)8-14(15)19/h3-8H,9H2,1-2H3,(H,20,23)(H,21,22). The molecule has 0 aromatic heterocycles. The van der Waals surface area contributed by atoms with E-state index in [1.54, 1.807) is 24.3 Å². The van der Waals surface area contributed by atoms with E-state index < -0.39 is 0 Å². The third-order valence-electron chi connectivity index (χ3n) is 3.38. The van der Waals surface area contributed by atoms with Crippen molar-refractivity contribution >= 4 is 40.7 Å². The van der Waals surface area contributed by atoms with E-state index in [9.17, 15) is 9.59 Å². The van der Waals surface area contributed by atoms with Crippen LogP contribution in [0.4, 0.5) is 5.69 Å². The van der Waals surface area contributed by atoms with Gasteiger partial charge in [-0.2, -0.15) is 0 Å². The largest absolute Gasteiger partial charge is 0.343 e. The Labute approximate surface area is 144 Å².